The summed E-state index contributed by atoms with van der Waals surface area (Å²) in [6.45, 7) is 2.84. The van der Waals surface area contributed by atoms with Crippen LogP contribution in [0.1, 0.15) is 11.6 Å². The van der Waals surface area contributed by atoms with Crippen LogP contribution in [-0.4, -0.2) is 49.1 Å². The molecular weight excluding hydrogens is 304 g/mol. The second-order valence-corrected chi connectivity index (χ2v) is 5.73. The van der Waals surface area contributed by atoms with E-state index < -0.39 is 0 Å². The van der Waals surface area contributed by atoms with Gasteiger partial charge in [0.25, 0.3) is 0 Å². The van der Waals surface area contributed by atoms with Gasteiger partial charge in [-0.25, -0.2) is 0 Å². The number of carbonyl (C=O) groups excluding carboxylic acids is 1. The number of anilines is 1. The van der Waals surface area contributed by atoms with Gasteiger partial charge in [0.05, 0.1) is 19.3 Å². The Balaban J connectivity index is 1.68. The van der Waals surface area contributed by atoms with Gasteiger partial charge in [-0.15, -0.1) is 0 Å². The highest BCUT2D eigenvalue weighted by Gasteiger charge is 2.25. The number of nitrogens with zero attached hydrogens (tertiary/aromatic N) is 2. The van der Waals surface area contributed by atoms with Crippen LogP contribution in [0.3, 0.4) is 0 Å². The molecule has 2 N–H and O–H groups in total. The van der Waals surface area contributed by atoms with Crippen LogP contribution in [0.2, 0.25) is 0 Å². The molecule has 1 aliphatic rings. The molecule has 6 heteroatoms. The number of hydrogen-bond acceptors (Lipinski definition) is 5. The number of nitrogens with one attached hydrogen (secondary N) is 2. The molecule has 126 valence electrons. The smallest absolute Gasteiger partial charge is 0.238 e. The molecule has 1 fully saturated rings. The van der Waals surface area contributed by atoms with Crippen LogP contribution < -0.4 is 15.4 Å². The number of para-hydroxylation sites is 2. The van der Waals surface area contributed by atoms with Crippen LogP contribution in [0.25, 0.3) is 0 Å². The summed E-state index contributed by atoms with van der Waals surface area (Å²) in [6, 6.07) is 11.6. The van der Waals surface area contributed by atoms with E-state index in [9.17, 15) is 4.79 Å². The van der Waals surface area contributed by atoms with E-state index in [1.54, 1.807) is 13.3 Å². The molecule has 0 spiro atoms. The van der Waals surface area contributed by atoms with Crippen molar-refractivity contribution in [2.75, 3.05) is 38.6 Å². The fourth-order valence-electron chi connectivity index (χ4n) is 2.96. The van der Waals surface area contributed by atoms with Gasteiger partial charge in [-0.2, -0.15) is 0 Å². The van der Waals surface area contributed by atoms with Gasteiger partial charge < -0.3 is 15.4 Å². The summed E-state index contributed by atoms with van der Waals surface area (Å²) in [6.07, 6.45) is 3.63. The molecule has 2 aromatic rings. The molecule has 24 heavy (non-hydrogen) atoms. The number of aromatic nitrogens is 1. The first-order valence-electron chi connectivity index (χ1n) is 8.05. The summed E-state index contributed by atoms with van der Waals surface area (Å²) in [5.74, 6) is 0.616. The maximum Gasteiger partial charge on any atom is 0.238 e. The highest BCUT2D eigenvalue weighted by Crippen LogP contribution is 2.24. The van der Waals surface area contributed by atoms with E-state index in [2.05, 4.69) is 26.6 Å². The van der Waals surface area contributed by atoms with Crippen LogP contribution in [0.4, 0.5) is 5.69 Å². The minimum absolute atomic E-state index is 0.0460. The van der Waals surface area contributed by atoms with Crippen molar-refractivity contribution >= 4 is 11.6 Å². The minimum atomic E-state index is -0.0460. The monoisotopic (exact) mass is 326 g/mol. The maximum absolute atomic E-state index is 12.5. The molecular formula is C18H22N4O2. The molecule has 2 heterocycles. The summed E-state index contributed by atoms with van der Waals surface area (Å²) in [7, 11) is 1.60. The molecule has 1 aromatic heterocycles. The predicted octanol–water partition coefficient (Wildman–Crippen LogP) is 1.68. The fraction of sp³-hybridized carbons (Fsp3) is 0.333. The van der Waals surface area contributed by atoms with E-state index in [1.165, 1.54) is 0 Å². The predicted molar refractivity (Wildman–Crippen MR) is 93.0 cm³/mol. The molecule has 1 amide bonds. The Hall–Kier alpha value is -2.44. The summed E-state index contributed by atoms with van der Waals surface area (Å²) in [5.41, 5.74) is 1.81. The van der Waals surface area contributed by atoms with Crippen molar-refractivity contribution in [3.8, 4) is 5.75 Å². The van der Waals surface area contributed by atoms with Gasteiger partial charge in [-0.3, -0.25) is 14.7 Å². The van der Waals surface area contributed by atoms with Crippen molar-refractivity contribution < 1.29 is 9.53 Å². The Morgan fingerprint density at radius 3 is 3.04 bits per heavy atom. The van der Waals surface area contributed by atoms with Gasteiger partial charge in [0.1, 0.15) is 5.75 Å². The summed E-state index contributed by atoms with van der Waals surface area (Å²) >= 11 is 0. The van der Waals surface area contributed by atoms with Crippen molar-refractivity contribution in [2.24, 2.45) is 0 Å². The number of pyridine rings is 1. The number of rotatable bonds is 5. The molecule has 1 atom stereocenters. The van der Waals surface area contributed by atoms with Crippen molar-refractivity contribution in [1.82, 2.24) is 15.2 Å². The lowest BCUT2D eigenvalue weighted by molar-refractivity contribution is -0.118. The van der Waals surface area contributed by atoms with Gasteiger partial charge in [-0.1, -0.05) is 18.2 Å². The first-order valence-corrected chi connectivity index (χ1v) is 8.05. The molecule has 0 radical (unpaired) electrons. The molecule has 1 aromatic carbocycles. The molecule has 1 aliphatic heterocycles. The van der Waals surface area contributed by atoms with Gasteiger partial charge >= 0.3 is 0 Å². The van der Waals surface area contributed by atoms with E-state index in [-0.39, 0.29) is 11.9 Å². The molecule has 1 saturated heterocycles. The van der Waals surface area contributed by atoms with Gasteiger partial charge in [0.2, 0.25) is 5.91 Å². The van der Waals surface area contributed by atoms with Crippen molar-refractivity contribution in [2.45, 2.75) is 6.04 Å². The highest BCUT2D eigenvalue weighted by atomic mass is 16.5. The van der Waals surface area contributed by atoms with E-state index in [0.717, 1.165) is 25.2 Å². The molecule has 3 rings (SSSR count). The highest BCUT2D eigenvalue weighted by molar-refractivity contribution is 5.93. The Bertz CT molecular complexity index is 678. The van der Waals surface area contributed by atoms with E-state index in [0.29, 0.717) is 18.0 Å². The largest absolute Gasteiger partial charge is 0.495 e. The Morgan fingerprint density at radius 2 is 2.25 bits per heavy atom. The van der Waals surface area contributed by atoms with Crippen LogP contribution in [0.5, 0.6) is 5.75 Å². The lowest BCUT2D eigenvalue weighted by Gasteiger charge is -2.35. The first-order chi connectivity index (χ1) is 11.8. The molecule has 0 aliphatic carbocycles. The number of hydrogen-bond donors (Lipinski definition) is 2. The second-order valence-electron chi connectivity index (χ2n) is 5.73. The van der Waals surface area contributed by atoms with E-state index in [4.69, 9.17) is 4.74 Å². The number of ether oxygens (including phenoxy) is 1. The summed E-state index contributed by atoms with van der Waals surface area (Å²) in [5, 5.41) is 6.32. The van der Waals surface area contributed by atoms with Crippen molar-refractivity contribution in [3.63, 3.8) is 0 Å². The van der Waals surface area contributed by atoms with E-state index in [1.807, 2.05) is 36.5 Å². The standard InChI is InChI=1S/C18H22N4O2/c1-24-17-7-3-2-6-15(17)21-18(23)13-22-10-9-20-12-16(22)14-5-4-8-19-11-14/h2-8,11,16,20H,9-10,12-13H2,1H3,(H,21,23). The van der Waals surface area contributed by atoms with Gasteiger partial charge in [0.15, 0.2) is 0 Å². The third kappa shape index (κ3) is 3.90. The summed E-state index contributed by atoms with van der Waals surface area (Å²) in [4.78, 5) is 18.9. The van der Waals surface area contributed by atoms with E-state index >= 15 is 0 Å². The number of methoxy groups -OCH3 is 1. The zero-order valence-corrected chi connectivity index (χ0v) is 13.7. The molecule has 6 nitrogen and oxygen atoms in total. The van der Waals surface area contributed by atoms with Gasteiger partial charge in [-0.05, 0) is 23.8 Å². The van der Waals surface area contributed by atoms with Crippen LogP contribution in [0.15, 0.2) is 48.8 Å². The third-order valence-corrected chi connectivity index (χ3v) is 4.15. The third-order valence-electron chi connectivity index (χ3n) is 4.15. The fourth-order valence-corrected chi connectivity index (χ4v) is 2.96. The number of piperazine rings is 1. The number of amides is 1. The lowest BCUT2D eigenvalue weighted by atomic mass is 10.1. The van der Waals surface area contributed by atoms with Crippen LogP contribution in [-0.2, 0) is 4.79 Å². The molecule has 1 unspecified atom stereocenters. The number of carbonyl (C=O) groups is 1. The average molecular weight is 326 g/mol. The first kappa shape index (κ1) is 16.4. The van der Waals surface area contributed by atoms with Crippen molar-refractivity contribution in [3.05, 3.63) is 54.4 Å². The van der Waals surface area contributed by atoms with Crippen molar-refractivity contribution in [1.29, 1.82) is 0 Å². The lowest BCUT2D eigenvalue weighted by Crippen LogP contribution is -2.48. The minimum Gasteiger partial charge on any atom is -0.495 e. The Kier molecular flexibility index (Phi) is 5.40. The number of benzene rings is 1. The Morgan fingerprint density at radius 1 is 1.38 bits per heavy atom. The van der Waals surface area contributed by atoms with Crippen LogP contribution in [0, 0.1) is 0 Å². The van der Waals surface area contributed by atoms with Crippen LogP contribution >= 0.6 is 0 Å². The SMILES string of the molecule is COc1ccccc1NC(=O)CN1CCNCC1c1cccnc1. The Labute approximate surface area is 141 Å². The maximum atomic E-state index is 12.5. The van der Waals surface area contributed by atoms with Gasteiger partial charge in [0, 0.05) is 38.1 Å². The molecule has 0 bridgehead atoms. The average Bonchev–Trinajstić information content (AvgIpc) is 2.63. The second kappa shape index (κ2) is 7.90. The zero-order valence-electron chi connectivity index (χ0n) is 13.7. The quantitative estimate of drug-likeness (QED) is 0.875. The topological polar surface area (TPSA) is 66.5 Å². The zero-order chi connectivity index (χ0) is 16.8. The summed E-state index contributed by atoms with van der Waals surface area (Å²) < 4.78 is 5.28. The normalized spacial score (nSPS) is 18.1. The molecule has 0 saturated carbocycles.